The first-order chi connectivity index (χ1) is 11.3. The van der Waals surface area contributed by atoms with Crippen LogP contribution in [0.3, 0.4) is 0 Å². The van der Waals surface area contributed by atoms with Crippen LogP contribution in [0.5, 0.6) is 5.75 Å². The van der Waals surface area contributed by atoms with E-state index in [4.69, 9.17) is 4.74 Å². The van der Waals surface area contributed by atoms with E-state index in [-0.39, 0.29) is 18.3 Å². The normalized spacial score (nSPS) is 16.4. The maximum Gasteiger partial charge on any atom is 0.260 e. The molecule has 0 spiro atoms. The second kappa shape index (κ2) is 7.98. The molecule has 0 atom stereocenters. The Morgan fingerprint density at radius 3 is 2.21 bits per heavy atom. The Morgan fingerprint density at radius 2 is 1.71 bits per heavy atom. The van der Waals surface area contributed by atoms with Gasteiger partial charge in [0.2, 0.25) is 10.0 Å². The fraction of sp³-hybridized carbons (Fsp3) is 0.588. The van der Waals surface area contributed by atoms with E-state index in [0.29, 0.717) is 37.8 Å². The zero-order valence-electron chi connectivity index (χ0n) is 14.6. The van der Waals surface area contributed by atoms with Crippen LogP contribution in [-0.4, -0.2) is 62.1 Å². The van der Waals surface area contributed by atoms with Crippen molar-refractivity contribution in [3.8, 4) is 5.75 Å². The van der Waals surface area contributed by atoms with Crippen LogP contribution in [0.2, 0.25) is 0 Å². The Morgan fingerprint density at radius 1 is 1.12 bits per heavy atom. The molecule has 1 aromatic rings. The Bertz CT molecular complexity index is 648. The highest BCUT2D eigenvalue weighted by atomic mass is 32.2. The van der Waals surface area contributed by atoms with Crippen LogP contribution in [0.25, 0.3) is 0 Å². The first-order valence-corrected chi connectivity index (χ1v) is 9.92. The number of benzene rings is 1. The van der Waals surface area contributed by atoms with Gasteiger partial charge in [0.05, 0.1) is 5.75 Å². The van der Waals surface area contributed by atoms with Crippen molar-refractivity contribution in [1.82, 2.24) is 9.21 Å². The van der Waals surface area contributed by atoms with E-state index in [0.717, 1.165) is 0 Å². The zero-order chi connectivity index (χ0) is 17.7. The van der Waals surface area contributed by atoms with Crippen molar-refractivity contribution in [1.29, 1.82) is 0 Å². The van der Waals surface area contributed by atoms with Crippen molar-refractivity contribution < 1.29 is 17.9 Å². The monoisotopic (exact) mass is 354 g/mol. The molecule has 7 heteroatoms. The van der Waals surface area contributed by atoms with Crippen molar-refractivity contribution in [3.63, 3.8) is 0 Å². The van der Waals surface area contributed by atoms with Crippen molar-refractivity contribution in [2.45, 2.75) is 26.7 Å². The van der Waals surface area contributed by atoms with Gasteiger partial charge in [0.15, 0.2) is 6.61 Å². The lowest BCUT2D eigenvalue weighted by atomic mass is 10.0. The van der Waals surface area contributed by atoms with Crippen LogP contribution in [0, 0.1) is 0 Å². The van der Waals surface area contributed by atoms with Gasteiger partial charge in [0, 0.05) is 26.2 Å². The topological polar surface area (TPSA) is 66.9 Å². The summed E-state index contributed by atoms with van der Waals surface area (Å²) in [6.45, 7) is 7.37. The molecule has 24 heavy (non-hydrogen) atoms. The Balaban J connectivity index is 1.81. The van der Waals surface area contributed by atoms with Gasteiger partial charge in [-0.05, 0) is 30.5 Å². The van der Waals surface area contributed by atoms with Crippen molar-refractivity contribution in [2.24, 2.45) is 0 Å². The second-order valence-electron chi connectivity index (χ2n) is 6.19. The van der Waals surface area contributed by atoms with Gasteiger partial charge < -0.3 is 9.64 Å². The summed E-state index contributed by atoms with van der Waals surface area (Å²) in [5, 5.41) is 0. The number of piperazine rings is 1. The van der Waals surface area contributed by atoms with E-state index < -0.39 is 10.0 Å². The number of amides is 1. The molecule has 0 aromatic heterocycles. The number of hydrogen-bond acceptors (Lipinski definition) is 4. The van der Waals surface area contributed by atoms with Crippen LogP contribution in [0.15, 0.2) is 24.3 Å². The smallest absolute Gasteiger partial charge is 0.260 e. The molecule has 0 saturated carbocycles. The third-order valence-corrected chi connectivity index (χ3v) is 6.14. The third kappa shape index (κ3) is 4.70. The maximum atomic E-state index is 12.2. The number of carbonyl (C=O) groups excluding carboxylic acids is 1. The minimum Gasteiger partial charge on any atom is -0.484 e. The van der Waals surface area contributed by atoms with E-state index in [1.165, 1.54) is 9.87 Å². The Kier molecular flexibility index (Phi) is 6.23. The molecule has 0 bridgehead atoms. The number of rotatable bonds is 6. The summed E-state index contributed by atoms with van der Waals surface area (Å²) in [5.41, 5.74) is 1.22. The second-order valence-corrected chi connectivity index (χ2v) is 8.45. The van der Waals surface area contributed by atoms with E-state index in [9.17, 15) is 13.2 Å². The summed E-state index contributed by atoms with van der Waals surface area (Å²) in [5.74, 6) is 1.10. The Labute approximate surface area is 144 Å². The molecule has 1 aliphatic rings. The highest BCUT2D eigenvalue weighted by Crippen LogP contribution is 2.18. The van der Waals surface area contributed by atoms with Crippen molar-refractivity contribution >= 4 is 15.9 Å². The quantitative estimate of drug-likeness (QED) is 0.780. The average molecular weight is 354 g/mol. The lowest BCUT2D eigenvalue weighted by Crippen LogP contribution is -2.51. The van der Waals surface area contributed by atoms with Crippen LogP contribution < -0.4 is 4.74 Å². The predicted octanol–water partition coefficient (Wildman–Crippen LogP) is 1.68. The molecule has 1 heterocycles. The highest BCUT2D eigenvalue weighted by Gasteiger charge is 2.27. The molecule has 1 aliphatic heterocycles. The molecule has 2 rings (SSSR count). The molecule has 1 fully saturated rings. The molecule has 0 radical (unpaired) electrons. The SMILES string of the molecule is CCS(=O)(=O)N1CCN(C(=O)COc2ccc(C(C)C)cc2)CC1. The summed E-state index contributed by atoms with van der Waals surface area (Å²) in [6, 6.07) is 7.74. The van der Waals surface area contributed by atoms with Gasteiger partial charge in [-0.1, -0.05) is 26.0 Å². The standard InChI is InChI=1S/C17H26N2O4S/c1-4-24(21,22)19-11-9-18(10-12-19)17(20)13-23-16-7-5-15(6-8-16)14(2)3/h5-8,14H,4,9-13H2,1-3H3. The average Bonchev–Trinajstić information content (AvgIpc) is 2.60. The molecular formula is C17H26N2O4S. The number of hydrogen-bond donors (Lipinski definition) is 0. The molecule has 0 unspecified atom stereocenters. The minimum absolute atomic E-state index is 0.0262. The fourth-order valence-corrected chi connectivity index (χ4v) is 3.67. The first-order valence-electron chi connectivity index (χ1n) is 8.32. The molecule has 0 N–H and O–H groups in total. The van der Waals surface area contributed by atoms with Crippen LogP contribution in [0.1, 0.15) is 32.3 Å². The lowest BCUT2D eigenvalue weighted by Gasteiger charge is -2.33. The van der Waals surface area contributed by atoms with E-state index >= 15 is 0 Å². The van der Waals surface area contributed by atoms with Gasteiger partial charge in [-0.15, -0.1) is 0 Å². The van der Waals surface area contributed by atoms with Gasteiger partial charge in [-0.3, -0.25) is 4.79 Å². The number of nitrogens with zero attached hydrogens (tertiary/aromatic N) is 2. The number of sulfonamides is 1. The van der Waals surface area contributed by atoms with Gasteiger partial charge in [-0.2, -0.15) is 4.31 Å². The molecule has 1 aromatic carbocycles. The third-order valence-electron chi connectivity index (χ3n) is 4.26. The molecule has 134 valence electrons. The molecule has 1 amide bonds. The predicted molar refractivity (Wildman–Crippen MR) is 93.6 cm³/mol. The van der Waals surface area contributed by atoms with Crippen LogP contribution >= 0.6 is 0 Å². The fourth-order valence-electron chi connectivity index (χ4n) is 2.58. The molecular weight excluding hydrogens is 328 g/mol. The summed E-state index contributed by atoms with van der Waals surface area (Å²) in [6.07, 6.45) is 0. The molecule has 6 nitrogen and oxygen atoms in total. The van der Waals surface area contributed by atoms with E-state index in [1.807, 2.05) is 24.3 Å². The minimum atomic E-state index is -3.17. The zero-order valence-corrected chi connectivity index (χ0v) is 15.4. The summed E-state index contributed by atoms with van der Waals surface area (Å²) < 4.78 is 30.6. The lowest BCUT2D eigenvalue weighted by molar-refractivity contribution is -0.134. The van der Waals surface area contributed by atoms with Crippen molar-refractivity contribution in [2.75, 3.05) is 38.5 Å². The van der Waals surface area contributed by atoms with Crippen LogP contribution in [0.4, 0.5) is 0 Å². The van der Waals surface area contributed by atoms with Gasteiger partial charge in [-0.25, -0.2) is 8.42 Å². The first kappa shape index (κ1) is 18.7. The van der Waals surface area contributed by atoms with Crippen molar-refractivity contribution in [3.05, 3.63) is 29.8 Å². The van der Waals surface area contributed by atoms with Gasteiger partial charge in [0.25, 0.3) is 5.91 Å². The van der Waals surface area contributed by atoms with Gasteiger partial charge >= 0.3 is 0 Å². The molecule has 1 saturated heterocycles. The summed E-state index contributed by atoms with van der Waals surface area (Å²) in [4.78, 5) is 13.9. The maximum absolute atomic E-state index is 12.2. The summed E-state index contributed by atoms with van der Waals surface area (Å²) in [7, 11) is -3.17. The van der Waals surface area contributed by atoms with E-state index in [2.05, 4.69) is 13.8 Å². The van der Waals surface area contributed by atoms with Gasteiger partial charge in [0.1, 0.15) is 5.75 Å². The highest BCUT2D eigenvalue weighted by molar-refractivity contribution is 7.89. The largest absolute Gasteiger partial charge is 0.484 e. The van der Waals surface area contributed by atoms with E-state index in [1.54, 1.807) is 11.8 Å². The Hall–Kier alpha value is -1.60. The number of ether oxygens (including phenoxy) is 1. The van der Waals surface area contributed by atoms with Crippen LogP contribution in [-0.2, 0) is 14.8 Å². The molecule has 0 aliphatic carbocycles. The summed E-state index contributed by atoms with van der Waals surface area (Å²) >= 11 is 0. The number of carbonyl (C=O) groups is 1.